The van der Waals surface area contributed by atoms with Crippen molar-refractivity contribution < 1.29 is 28.8 Å². The first kappa shape index (κ1) is 32.0. The van der Waals surface area contributed by atoms with Gasteiger partial charge < -0.3 is 28.8 Å². The molecule has 40 heavy (non-hydrogen) atoms. The van der Waals surface area contributed by atoms with E-state index in [0.717, 1.165) is 67.6 Å². The molecule has 222 valence electrons. The Kier molecular flexibility index (Phi) is 12.4. The van der Waals surface area contributed by atoms with E-state index in [1.807, 2.05) is 63.3 Å². The average molecular weight is 555 g/mol. The quantitative estimate of drug-likeness (QED) is 0.167. The Hall–Kier alpha value is -2.54. The van der Waals surface area contributed by atoms with E-state index in [0.29, 0.717) is 31.1 Å². The summed E-state index contributed by atoms with van der Waals surface area (Å²) >= 11 is 0. The normalized spacial score (nSPS) is 17.5. The van der Waals surface area contributed by atoms with Crippen LogP contribution < -0.4 is 14.2 Å². The maximum atomic E-state index is 11.3. The van der Waals surface area contributed by atoms with Crippen LogP contribution in [0.1, 0.15) is 103 Å². The molecule has 2 aromatic rings. The molecule has 1 N–H and O–H groups in total. The van der Waals surface area contributed by atoms with Crippen molar-refractivity contribution in [3.8, 4) is 17.2 Å². The maximum absolute atomic E-state index is 11.3. The summed E-state index contributed by atoms with van der Waals surface area (Å²) in [5.41, 5.74) is 1.69. The van der Waals surface area contributed by atoms with Gasteiger partial charge in [-0.3, -0.25) is 0 Å². The van der Waals surface area contributed by atoms with Gasteiger partial charge in [0.1, 0.15) is 5.75 Å². The molecule has 0 amide bonds. The van der Waals surface area contributed by atoms with E-state index in [9.17, 15) is 5.11 Å². The van der Waals surface area contributed by atoms with Crippen molar-refractivity contribution in [3.05, 3.63) is 53.1 Å². The smallest absolute Gasteiger partial charge is 0.168 e. The van der Waals surface area contributed by atoms with E-state index in [-0.39, 0.29) is 11.9 Å². The van der Waals surface area contributed by atoms with Gasteiger partial charge in [-0.05, 0) is 90.0 Å². The molecule has 3 rings (SSSR count). The van der Waals surface area contributed by atoms with E-state index >= 15 is 0 Å². The zero-order chi connectivity index (χ0) is 29.0. The van der Waals surface area contributed by atoms with Crippen LogP contribution in [-0.2, 0) is 15.1 Å². The number of benzene rings is 2. The molecule has 2 unspecified atom stereocenters. The predicted molar refractivity (Wildman–Crippen MR) is 162 cm³/mol. The van der Waals surface area contributed by atoms with Crippen molar-refractivity contribution >= 4 is 12.2 Å². The van der Waals surface area contributed by atoms with Crippen LogP contribution >= 0.6 is 0 Å². The van der Waals surface area contributed by atoms with Gasteiger partial charge in [-0.25, -0.2) is 0 Å². The zero-order valence-electron chi connectivity index (χ0n) is 25.5. The minimum absolute atomic E-state index is 0.0627. The van der Waals surface area contributed by atoms with E-state index in [1.54, 1.807) is 7.11 Å². The fraction of sp³-hybridized carbons (Fsp3) is 0.588. The van der Waals surface area contributed by atoms with Gasteiger partial charge in [0.25, 0.3) is 0 Å². The number of unbranched alkanes of at least 4 members (excludes halogenated alkanes) is 2. The zero-order valence-corrected chi connectivity index (χ0v) is 25.5. The standard InChI is InChI=1S/C34H50O6/c1-7-37-29-24-27(32(36-6)30(25-29)38-8-2)19-18-26-15-14-16-28(23-26)34(5,35)21-12-9-11-20-33(3,4)40-31-17-10-13-22-39-31/h14-16,18-19,23-25,31,35H,7-13,17,20-22H2,1-6H3. The van der Waals surface area contributed by atoms with Gasteiger partial charge in [-0.15, -0.1) is 0 Å². The molecule has 0 bridgehead atoms. The number of rotatable bonds is 16. The van der Waals surface area contributed by atoms with Crippen molar-refractivity contribution in [2.45, 2.75) is 103 Å². The number of hydrogen-bond donors (Lipinski definition) is 1. The molecular formula is C34H50O6. The molecule has 0 saturated carbocycles. The Balaban J connectivity index is 1.59. The maximum Gasteiger partial charge on any atom is 0.168 e. The Morgan fingerprint density at radius 1 is 0.950 bits per heavy atom. The van der Waals surface area contributed by atoms with Crippen molar-refractivity contribution in [1.82, 2.24) is 0 Å². The highest BCUT2D eigenvalue weighted by Crippen LogP contribution is 2.37. The molecule has 1 heterocycles. The molecule has 0 aliphatic carbocycles. The summed E-state index contributed by atoms with van der Waals surface area (Å²) in [7, 11) is 1.65. The molecule has 1 aliphatic heterocycles. The van der Waals surface area contributed by atoms with Crippen LogP contribution in [0.15, 0.2) is 36.4 Å². The van der Waals surface area contributed by atoms with Gasteiger partial charge in [0.05, 0.1) is 31.5 Å². The highest BCUT2D eigenvalue weighted by Gasteiger charge is 2.26. The summed E-state index contributed by atoms with van der Waals surface area (Å²) in [4.78, 5) is 0. The third-order valence-electron chi connectivity index (χ3n) is 7.37. The average Bonchev–Trinajstić information content (AvgIpc) is 2.92. The summed E-state index contributed by atoms with van der Waals surface area (Å²) in [5, 5.41) is 11.3. The van der Waals surface area contributed by atoms with Gasteiger partial charge in [0.15, 0.2) is 17.8 Å². The topological polar surface area (TPSA) is 66.4 Å². The number of aliphatic hydroxyl groups is 1. The molecule has 6 nitrogen and oxygen atoms in total. The Labute approximate surface area is 241 Å². The molecule has 1 aliphatic rings. The fourth-order valence-corrected chi connectivity index (χ4v) is 5.18. The first-order valence-corrected chi connectivity index (χ1v) is 15.0. The monoisotopic (exact) mass is 554 g/mol. The van der Waals surface area contributed by atoms with Crippen molar-refractivity contribution in [3.63, 3.8) is 0 Å². The summed E-state index contributed by atoms with van der Waals surface area (Å²) in [5.74, 6) is 2.06. The van der Waals surface area contributed by atoms with Crippen LogP contribution in [0, 0.1) is 0 Å². The molecule has 0 spiro atoms. The highest BCUT2D eigenvalue weighted by molar-refractivity contribution is 5.75. The van der Waals surface area contributed by atoms with Gasteiger partial charge >= 0.3 is 0 Å². The molecule has 1 saturated heterocycles. The van der Waals surface area contributed by atoms with Crippen molar-refractivity contribution in [2.24, 2.45) is 0 Å². The van der Waals surface area contributed by atoms with E-state index in [4.69, 9.17) is 23.7 Å². The second-order valence-electron chi connectivity index (χ2n) is 11.4. The fourth-order valence-electron chi connectivity index (χ4n) is 5.18. The number of ether oxygens (including phenoxy) is 5. The van der Waals surface area contributed by atoms with Crippen LogP contribution in [0.4, 0.5) is 0 Å². The Bertz CT molecular complexity index is 1070. The van der Waals surface area contributed by atoms with E-state index in [1.165, 1.54) is 6.42 Å². The first-order valence-electron chi connectivity index (χ1n) is 15.0. The molecule has 0 radical (unpaired) electrons. The lowest BCUT2D eigenvalue weighted by Gasteiger charge is -2.33. The lowest BCUT2D eigenvalue weighted by molar-refractivity contribution is -0.217. The van der Waals surface area contributed by atoms with E-state index < -0.39 is 5.60 Å². The summed E-state index contributed by atoms with van der Waals surface area (Å²) in [6.07, 6.45) is 12.0. The minimum Gasteiger partial charge on any atom is -0.494 e. The summed E-state index contributed by atoms with van der Waals surface area (Å²) in [6, 6.07) is 11.9. The molecule has 2 aromatic carbocycles. The number of hydrogen-bond acceptors (Lipinski definition) is 6. The van der Waals surface area contributed by atoms with Crippen LogP contribution in [0.2, 0.25) is 0 Å². The van der Waals surface area contributed by atoms with Crippen LogP contribution in [0.3, 0.4) is 0 Å². The number of methoxy groups -OCH3 is 1. The van der Waals surface area contributed by atoms with Gasteiger partial charge in [-0.1, -0.05) is 49.6 Å². The summed E-state index contributed by atoms with van der Waals surface area (Å²) < 4.78 is 29.2. The van der Waals surface area contributed by atoms with Gasteiger partial charge in [-0.2, -0.15) is 0 Å². The minimum atomic E-state index is -0.902. The Morgan fingerprint density at radius 2 is 1.73 bits per heavy atom. The second-order valence-corrected chi connectivity index (χ2v) is 11.4. The largest absolute Gasteiger partial charge is 0.494 e. The van der Waals surface area contributed by atoms with E-state index in [2.05, 4.69) is 19.9 Å². The lowest BCUT2D eigenvalue weighted by Crippen LogP contribution is -2.34. The third-order valence-corrected chi connectivity index (χ3v) is 7.37. The second kappa shape index (κ2) is 15.5. The highest BCUT2D eigenvalue weighted by atomic mass is 16.7. The molecule has 2 atom stereocenters. The third kappa shape index (κ3) is 9.83. The van der Waals surface area contributed by atoms with Crippen LogP contribution in [0.25, 0.3) is 12.2 Å². The predicted octanol–water partition coefficient (Wildman–Crippen LogP) is 8.14. The van der Waals surface area contributed by atoms with Gasteiger partial charge in [0.2, 0.25) is 0 Å². The molecule has 1 fully saturated rings. The first-order chi connectivity index (χ1) is 19.2. The molecule has 6 heteroatoms. The van der Waals surface area contributed by atoms with Crippen LogP contribution in [0.5, 0.6) is 17.2 Å². The van der Waals surface area contributed by atoms with Crippen LogP contribution in [-0.4, -0.2) is 43.9 Å². The van der Waals surface area contributed by atoms with Crippen molar-refractivity contribution in [2.75, 3.05) is 26.9 Å². The van der Waals surface area contributed by atoms with Gasteiger partial charge in [0, 0.05) is 18.2 Å². The van der Waals surface area contributed by atoms with Crippen molar-refractivity contribution in [1.29, 1.82) is 0 Å². The lowest BCUT2D eigenvalue weighted by atomic mass is 9.88. The Morgan fingerprint density at radius 3 is 2.42 bits per heavy atom. The summed E-state index contributed by atoms with van der Waals surface area (Å²) in [6.45, 7) is 12.0. The SMILES string of the molecule is CCOc1cc(C=Cc2cccc(C(C)(O)CCCCCC(C)(C)OC3CCCCO3)c2)c(OC)c(OCC)c1. The molecule has 0 aromatic heterocycles. The molecular weight excluding hydrogens is 504 g/mol.